The predicted octanol–water partition coefficient (Wildman–Crippen LogP) is 0.892. The molecule has 0 N–H and O–H groups in total. The summed E-state index contributed by atoms with van der Waals surface area (Å²) >= 11 is 0. The number of carbonyl (C=O) groups is 1. The minimum atomic E-state index is -3.00. The molecule has 0 aliphatic carbocycles. The van der Waals surface area contributed by atoms with Gasteiger partial charge in [-0.15, -0.1) is 0 Å². The van der Waals surface area contributed by atoms with E-state index in [1.54, 1.807) is 44.4 Å². The topological polar surface area (TPSA) is 72.9 Å². The maximum absolute atomic E-state index is 12.3. The van der Waals surface area contributed by atoms with Gasteiger partial charge in [0, 0.05) is 13.1 Å². The van der Waals surface area contributed by atoms with Gasteiger partial charge in [0.2, 0.25) is 5.91 Å². The average Bonchev–Trinajstić information content (AvgIpc) is 2.86. The van der Waals surface area contributed by atoms with Crippen LogP contribution < -0.4 is 9.47 Å². The van der Waals surface area contributed by atoms with Crippen LogP contribution in [0.3, 0.4) is 0 Å². The minimum absolute atomic E-state index is 0.0567. The fourth-order valence-electron chi connectivity index (χ4n) is 2.57. The highest BCUT2D eigenvalue weighted by atomic mass is 32.2. The first kappa shape index (κ1) is 16.6. The molecule has 0 bridgehead atoms. The van der Waals surface area contributed by atoms with Crippen molar-refractivity contribution < 1.29 is 22.7 Å². The quantitative estimate of drug-likeness (QED) is 0.803. The maximum Gasteiger partial charge on any atom is 0.227 e. The van der Waals surface area contributed by atoms with Crippen molar-refractivity contribution >= 4 is 15.7 Å². The number of hydrogen-bond donors (Lipinski definition) is 0. The van der Waals surface area contributed by atoms with Gasteiger partial charge in [0.05, 0.1) is 32.1 Å². The van der Waals surface area contributed by atoms with Crippen LogP contribution in [0.5, 0.6) is 11.5 Å². The normalized spacial score (nSPS) is 19.7. The highest BCUT2D eigenvalue weighted by Crippen LogP contribution is 2.28. The first-order valence-corrected chi connectivity index (χ1v) is 8.85. The monoisotopic (exact) mass is 327 g/mol. The van der Waals surface area contributed by atoms with Gasteiger partial charge >= 0.3 is 0 Å². The Morgan fingerprint density at radius 3 is 2.50 bits per heavy atom. The van der Waals surface area contributed by atoms with Crippen molar-refractivity contribution in [3.8, 4) is 11.5 Å². The zero-order chi connectivity index (χ0) is 16.3. The third-order valence-corrected chi connectivity index (χ3v) is 5.70. The number of likely N-dealkylation sites (N-methyl/N-ethyl adjacent to an activating group) is 1. The fourth-order valence-corrected chi connectivity index (χ4v) is 4.35. The molecule has 1 fully saturated rings. The zero-order valence-corrected chi connectivity index (χ0v) is 13.9. The number of hydrogen-bond acceptors (Lipinski definition) is 5. The molecule has 1 aliphatic rings. The summed E-state index contributed by atoms with van der Waals surface area (Å²) in [5.74, 6) is 1.29. The molecule has 1 aliphatic heterocycles. The first-order valence-electron chi connectivity index (χ1n) is 7.03. The van der Waals surface area contributed by atoms with Gasteiger partial charge < -0.3 is 14.4 Å². The summed E-state index contributed by atoms with van der Waals surface area (Å²) in [6.07, 6.45) is 0.712. The number of benzene rings is 1. The van der Waals surface area contributed by atoms with Crippen molar-refractivity contribution in [2.75, 3.05) is 32.8 Å². The molecule has 6 nitrogen and oxygen atoms in total. The lowest BCUT2D eigenvalue weighted by Gasteiger charge is -2.23. The lowest BCUT2D eigenvalue weighted by atomic mass is 10.1. The summed E-state index contributed by atoms with van der Waals surface area (Å²) in [6, 6.07) is 5.09. The summed E-state index contributed by atoms with van der Waals surface area (Å²) in [4.78, 5) is 13.9. The number of nitrogens with zero attached hydrogens (tertiary/aromatic N) is 1. The fraction of sp³-hybridized carbons (Fsp3) is 0.533. The summed E-state index contributed by atoms with van der Waals surface area (Å²) in [5.41, 5.74) is 0.801. The lowest BCUT2D eigenvalue weighted by Crippen LogP contribution is -2.38. The molecule has 7 heteroatoms. The van der Waals surface area contributed by atoms with Crippen molar-refractivity contribution in [1.82, 2.24) is 4.90 Å². The van der Waals surface area contributed by atoms with E-state index in [9.17, 15) is 13.2 Å². The lowest BCUT2D eigenvalue weighted by molar-refractivity contribution is -0.130. The Hall–Kier alpha value is -1.76. The molecule has 1 atom stereocenters. The van der Waals surface area contributed by atoms with Crippen LogP contribution in [0.2, 0.25) is 0 Å². The molecule has 0 unspecified atom stereocenters. The molecule has 1 amide bonds. The largest absolute Gasteiger partial charge is 0.493 e. The predicted molar refractivity (Wildman–Crippen MR) is 83.1 cm³/mol. The van der Waals surface area contributed by atoms with E-state index in [1.807, 2.05) is 0 Å². The average molecular weight is 327 g/mol. The number of methoxy groups -OCH3 is 2. The van der Waals surface area contributed by atoms with Crippen molar-refractivity contribution in [1.29, 1.82) is 0 Å². The van der Waals surface area contributed by atoms with Gasteiger partial charge in [0.25, 0.3) is 0 Å². The number of ether oxygens (including phenoxy) is 2. The Kier molecular flexibility index (Phi) is 4.95. The van der Waals surface area contributed by atoms with E-state index in [-0.39, 0.29) is 29.9 Å². The summed E-state index contributed by atoms with van der Waals surface area (Å²) in [7, 11) is 1.76. The van der Waals surface area contributed by atoms with E-state index >= 15 is 0 Å². The molecular weight excluding hydrogens is 306 g/mol. The number of rotatable bonds is 5. The van der Waals surface area contributed by atoms with Gasteiger partial charge in [0.1, 0.15) is 0 Å². The van der Waals surface area contributed by atoms with Crippen LogP contribution in [0.1, 0.15) is 12.0 Å². The van der Waals surface area contributed by atoms with Gasteiger partial charge in [-0.25, -0.2) is 8.42 Å². The maximum atomic E-state index is 12.3. The highest BCUT2D eigenvalue weighted by Gasteiger charge is 2.32. The molecule has 1 aromatic carbocycles. The third-order valence-electron chi connectivity index (χ3n) is 3.95. The van der Waals surface area contributed by atoms with E-state index in [4.69, 9.17) is 9.47 Å². The third kappa shape index (κ3) is 3.71. The number of amides is 1. The highest BCUT2D eigenvalue weighted by molar-refractivity contribution is 7.91. The number of carbonyl (C=O) groups excluding carboxylic acids is 1. The molecule has 1 aromatic rings. The van der Waals surface area contributed by atoms with Gasteiger partial charge in [-0.1, -0.05) is 6.07 Å². The second-order valence-electron chi connectivity index (χ2n) is 5.43. The molecule has 0 radical (unpaired) electrons. The van der Waals surface area contributed by atoms with Crippen LogP contribution in [-0.4, -0.2) is 58.0 Å². The smallest absolute Gasteiger partial charge is 0.227 e. The van der Waals surface area contributed by atoms with Crippen LogP contribution in [-0.2, 0) is 21.1 Å². The molecule has 1 saturated heterocycles. The van der Waals surface area contributed by atoms with Crippen molar-refractivity contribution in [3.05, 3.63) is 23.8 Å². The van der Waals surface area contributed by atoms with E-state index in [2.05, 4.69) is 0 Å². The van der Waals surface area contributed by atoms with E-state index in [0.717, 1.165) is 5.56 Å². The Morgan fingerprint density at radius 1 is 1.27 bits per heavy atom. The SMILES string of the molecule is COc1ccc(CC(=O)N(C)[C@@H]2CCS(=O)(=O)C2)cc1OC. The second-order valence-corrected chi connectivity index (χ2v) is 7.66. The molecule has 2 rings (SSSR count). The summed E-state index contributed by atoms with van der Waals surface area (Å²) < 4.78 is 33.4. The second kappa shape index (κ2) is 6.56. The van der Waals surface area contributed by atoms with Gasteiger partial charge in [-0.05, 0) is 24.1 Å². The van der Waals surface area contributed by atoms with Crippen LogP contribution in [0.4, 0.5) is 0 Å². The van der Waals surface area contributed by atoms with Crippen LogP contribution >= 0.6 is 0 Å². The van der Waals surface area contributed by atoms with Crippen molar-refractivity contribution in [3.63, 3.8) is 0 Å². The van der Waals surface area contributed by atoms with E-state index in [1.165, 1.54) is 0 Å². The first-order chi connectivity index (χ1) is 10.4. The summed E-state index contributed by atoms with van der Waals surface area (Å²) in [6.45, 7) is 0. The molecule has 122 valence electrons. The van der Waals surface area contributed by atoms with Crippen molar-refractivity contribution in [2.45, 2.75) is 18.9 Å². The molecule has 0 saturated carbocycles. The van der Waals surface area contributed by atoms with Crippen LogP contribution in [0.25, 0.3) is 0 Å². The van der Waals surface area contributed by atoms with Gasteiger partial charge in [-0.3, -0.25) is 4.79 Å². The van der Waals surface area contributed by atoms with Crippen LogP contribution in [0, 0.1) is 0 Å². The Balaban J connectivity index is 2.05. The Bertz CT molecular complexity index is 656. The van der Waals surface area contributed by atoms with E-state index in [0.29, 0.717) is 17.9 Å². The molecule has 0 aromatic heterocycles. The molecular formula is C15H21NO5S. The standard InChI is InChI=1S/C15H21NO5S/c1-16(12-6-7-22(18,19)10-12)15(17)9-11-4-5-13(20-2)14(8-11)21-3/h4-5,8,12H,6-7,9-10H2,1-3H3/t12-/m1/s1. The number of sulfone groups is 1. The summed E-state index contributed by atoms with van der Waals surface area (Å²) in [5, 5.41) is 0. The Labute approximate surface area is 130 Å². The molecule has 22 heavy (non-hydrogen) atoms. The van der Waals surface area contributed by atoms with Gasteiger partial charge in [0.15, 0.2) is 21.3 Å². The van der Waals surface area contributed by atoms with Crippen LogP contribution in [0.15, 0.2) is 18.2 Å². The van der Waals surface area contributed by atoms with E-state index < -0.39 is 9.84 Å². The molecule has 1 heterocycles. The minimum Gasteiger partial charge on any atom is -0.493 e. The zero-order valence-electron chi connectivity index (χ0n) is 13.0. The Morgan fingerprint density at radius 2 is 1.95 bits per heavy atom. The van der Waals surface area contributed by atoms with Gasteiger partial charge in [-0.2, -0.15) is 0 Å². The van der Waals surface area contributed by atoms with Crippen molar-refractivity contribution in [2.24, 2.45) is 0 Å². The molecule has 0 spiro atoms.